The van der Waals surface area contributed by atoms with Crippen LogP contribution >= 0.6 is 11.8 Å². The molecule has 0 atom stereocenters. The Labute approximate surface area is 111 Å². The van der Waals surface area contributed by atoms with Crippen LogP contribution in [0.3, 0.4) is 0 Å². The molecule has 2 rings (SSSR count). The van der Waals surface area contributed by atoms with Gasteiger partial charge in [-0.15, -0.1) is 10.2 Å². The SMILES string of the molecule is CCn1c(CN)nnc1SCCc1ccccn1. The van der Waals surface area contributed by atoms with Crippen LogP contribution in [0.25, 0.3) is 0 Å². The van der Waals surface area contributed by atoms with Gasteiger partial charge < -0.3 is 10.3 Å². The number of aryl methyl sites for hydroxylation is 1. The molecule has 0 saturated heterocycles. The molecule has 0 spiro atoms. The topological polar surface area (TPSA) is 69.6 Å². The molecule has 2 heterocycles. The molecular formula is C12H17N5S. The summed E-state index contributed by atoms with van der Waals surface area (Å²) in [6, 6.07) is 5.97. The average molecular weight is 263 g/mol. The van der Waals surface area contributed by atoms with Crippen molar-refractivity contribution in [1.29, 1.82) is 0 Å². The third-order valence-electron chi connectivity index (χ3n) is 2.61. The Kier molecular flexibility index (Phi) is 4.72. The Hall–Kier alpha value is -1.40. The fourth-order valence-electron chi connectivity index (χ4n) is 1.69. The number of hydrogen-bond donors (Lipinski definition) is 1. The summed E-state index contributed by atoms with van der Waals surface area (Å²) in [6.45, 7) is 3.36. The molecule has 0 fully saturated rings. The van der Waals surface area contributed by atoms with Crippen molar-refractivity contribution in [2.45, 2.75) is 31.6 Å². The Morgan fingerprint density at radius 1 is 1.33 bits per heavy atom. The van der Waals surface area contributed by atoms with Crippen LogP contribution in [-0.4, -0.2) is 25.5 Å². The first kappa shape index (κ1) is 13.0. The molecule has 0 aliphatic rings. The van der Waals surface area contributed by atoms with E-state index in [-0.39, 0.29) is 0 Å². The highest BCUT2D eigenvalue weighted by Gasteiger charge is 2.09. The van der Waals surface area contributed by atoms with Crippen molar-refractivity contribution in [3.63, 3.8) is 0 Å². The van der Waals surface area contributed by atoms with Crippen molar-refractivity contribution < 1.29 is 0 Å². The Balaban J connectivity index is 1.92. The molecule has 5 nitrogen and oxygen atoms in total. The van der Waals surface area contributed by atoms with Crippen molar-refractivity contribution in [2.75, 3.05) is 5.75 Å². The van der Waals surface area contributed by atoms with Crippen LogP contribution in [0.5, 0.6) is 0 Å². The normalized spacial score (nSPS) is 10.8. The number of nitrogens with two attached hydrogens (primary N) is 1. The molecule has 0 amide bonds. The van der Waals surface area contributed by atoms with Crippen LogP contribution in [0.4, 0.5) is 0 Å². The first-order valence-electron chi connectivity index (χ1n) is 6.00. The van der Waals surface area contributed by atoms with Gasteiger partial charge in [0.05, 0.1) is 6.54 Å². The second kappa shape index (κ2) is 6.51. The van der Waals surface area contributed by atoms with Gasteiger partial charge in [-0.25, -0.2) is 0 Å². The number of nitrogens with zero attached hydrogens (tertiary/aromatic N) is 4. The Morgan fingerprint density at radius 3 is 2.89 bits per heavy atom. The molecule has 0 unspecified atom stereocenters. The molecule has 0 saturated carbocycles. The maximum atomic E-state index is 5.62. The minimum Gasteiger partial charge on any atom is -0.324 e. The maximum absolute atomic E-state index is 5.62. The summed E-state index contributed by atoms with van der Waals surface area (Å²) in [7, 11) is 0. The van der Waals surface area contributed by atoms with Crippen LogP contribution in [0.1, 0.15) is 18.4 Å². The van der Waals surface area contributed by atoms with E-state index in [0.29, 0.717) is 6.54 Å². The third kappa shape index (κ3) is 3.08. The smallest absolute Gasteiger partial charge is 0.191 e. The van der Waals surface area contributed by atoms with Crippen molar-refractivity contribution in [3.05, 3.63) is 35.9 Å². The molecular weight excluding hydrogens is 246 g/mol. The minimum atomic E-state index is 0.432. The molecule has 2 N–H and O–H groups in total. The van der Waals surface area contributed by atoms with Crippen LogP contribution < -0.4 is 5.73 Å². The van der Waals surface area contributed by atoms with E-state index >= 15 is 0 Å². The van der Waals surface area contributed by atoms with E-state index in [1.54, 1.807) is 11.8 Å². The fraction of sp³-hybridized carbons (Fsp3) is 0.417. The number of hydrogen-bond acceptors (Lipinski definition) is 5. The van der Waals surface area contributed by atoms with Crippen LogP contribution in [0.2, 0.25) is 0 Å². The van der Waals surface area contributed by atoms with Gasteiger partial charge in [0.15, 0.2) is 5.16 Å². The van der Waals surface area contributed by atoms with Gasteiger partial charge in [-0.3, -0.25) is 4.98 Å². The van der Waals surface area contributed by atoms with Gasteiger partial charge in [0.2, 0.25) is 0 Å². The first-order chi connectivity index (χ1) is 8.85. The third-order valence-corrected chi connectivity index (χ3v) is 3.58. The van der Waals surface area contributed by atoms with E-state index in [2.05, 4.69) is 26.7 Å². The van der Waals surface area contributed by atoms with Gasteiger partial charge in [0.1, 0.15) is 5.82 Å². The number of thioether (sulfide) groups is 1. The summed E-state index contributed by atoms with van der Waals surface area (Å²) < 4.78 is 2.06. The Bertz CT molecular complexity index is 482. The minimum absolute atomic E-state index is 0.432. The van der Waals surface area contributed by atoms with E-state index in [0.717, 1.165) is 35.4 Å². The lowest BCUT2D eigenvalue weighted by atomic mass is 10.3. The van der Waals surface area contributed by atoms with Gasteiger partial charge in [0.25, 0.3) is 0 Å². The second-order valence-corrected chi connectivity index (χ2v) is 4.83. The molecule has 0 bridgehead atoms. The van der Waals surface area contributed by atoms with Crippen molar-refractivity contribution >= 4 is 11.8 Å². The number of pyridine rings is 1. The monoisotopic (exact) mass is 263 g/mol. The number of aromatic nitrogens is 4. The van der Waals surface area contributed by atoms with Gasteiger partial charge in [-0.2, -0.15) is 0 Å². The molecule has 18 heavy (non-hydrogen) atoms. The highest BCUT2D eigenvalue weighted by atomic mass is 32.2. The summed E-state index contributed by atoms with van der Waals surface area (Å²) >= 11 is 1.70. The zero-order chi connectivity index (χ0) is 12.8. The predicted molar refractivity (Wildman–Crippen MR) is 72.3 cm³/mol. The summed E-state index contributed by atoms with van der Waals surface area (Å²) in [5, 5.41) is 9.19. The van der Waals surface area contributed by atoms with Crippen LogP contribution in [0.15, 0.2) is 29.6 Å². The predicted octanol–water partition coefficient (Wildman–Crippen LogP) is 1.49. The zero-order valence-corrected chi connectivity index (χ0v) is 11.2. The Morgan fingerprint density at radius 2 is 2.22 bits per heavy atom. The molecule has 2 aromatic heterocycles. The maximum Gasteiger partial charge on any atom is 0.191 e. The van der Waals surface area contributed by atoms with Crippen LogP contribution in [-0.2, 0) is 19.5 Å². The largest absolute Gasteiger partial charge is 0.324 e. The van der Waals surface area contributed by atoms with E-state index in [1.807, 2.05) is 24.4 Å². The second-order valence-electron chi connectivity index (χ2n) is 3.77. The molecule has 0 aliphatic heterocycles. The zero-order valence-electron chi connectivity index (χ0n) is 10.4. The summed E-state index contributed by atoms with van der Waals surface area (Å²) in [5.41, 5.74) is 6.72. The average Bonchev–Trinajstić information content (AvgIpc) is 2.82. The molecule has 96 valence electrons. The van der Waals surface area contributed by atoms with Gasteiger partial charge in [-0.05, 0) is 25.5 Å². The lowest BCUT2D eigenvalue weighted by molar-refractivity contribution is 0.643. The quantitative estimate of drug-likeness (QED) is 0.800. The molecule has 2 aromatic rings. The molecule has 0 aliphatic carbocycles. The lowest BCUT2D eigenvalue weighted by Crippen LogP contribution is -2.08. The van der Waals surface area contributed by atoms with Crippen LogP contribution in [0, 0.1) is 0 Å². The fourth-order valence-corrected chi connectivity index (χ4v) is 2.67. The van der Waals surface area contributed by atoms with E-state index < -0.39 is 0 Å². The van der Waals surface area contributed by atoms with Gasteiger partial charge in [0, 0.05) is 24.2 Å². The highest BCUT2D eigenvalue weighted by molar-refractivity contribution is 7.99. The summed E-state index contributed by atoms with van der Waals surface area (Å²) in [4.78, 5) is 4.30. The van der Waals surface area contributed by atoms with E-state index in [4.69, 9.17) is 5.73 Å². The highest BCUT2D eigenvalue weighted by Crippen LogP contribution is 2.17. The van der Waals surface area contributed by atoms with Gasteiger partial charge >= 0.3 is 0 Å². The van der Waals surface area contributed by atoms with Crippen molar-refractivity contribution in [3.8, 4) is 0 Å². The molecule has 6 heteroatoms. The van der Waals surface area contributed by atoms with E-state index in [1.165, 1.54) is 0 Å². The standard InChI is InChI=1S/C12H17N5S/c1-2-17-11(9-13)15-16-12(17)18-8-6-10-5-3-4-7-14-10/h3-5,7H,2,6,8-9,13H2,1H3. The summed E-state index contributed by atoms with van der Waals surface area (Å²) in [5.74, 6) is 1.79. The lowest BCUT2D eigenvalue weighted by Gasteiger charge is -2.05. The molecule has 0 aromatic carbocycles. The first-order valence-corrected chi connectivity index (χ1v) is 6.98. The van der Waals surface area contributed by atoms with E-state index in [9.17, 15) is 0 Å². The van der Waals surface area contributed by atoms with Crippen molar-refractivity contribution in [1.82, 2.24) is 19.7 Å². The van der Waals surface area contributed by atoms with Gasteiger partial charge in [-0.1, -0.05) is 17.8 Å². The summed E-state index contributed by atoms with van der Waals surface area (Å²) in [6.07, 6.45) is 2.75. The molecule has 0 radical (unpaired) electrons. The van der Waals surface area contributed by atoms with Crippen molar-refractivity contribution in [2.24, 2.45) is 5.73 Å². The number of rotatable bonds is 6.